The summed E-state index contributed by atoms with van der Waals surface area (Å²) in [7, 11) is 0. The summed E-state index contributed by atoms with van der Waals surface area (Å²) in [6.45, 7) is 1.32. The molecule has 1 aromatic carbocycles. The molecule has 5 nitrogen and oxygen atoms in total. The van der Waals surface area contributed by atoms with Gasteiger partial charge in [0.1, 0.15) is 5.82 Å². The number of amides is 3. The smallest absolute Gasteiger partial charge is 0.322 e. The minimum atomic E-state index is -0.448. The van der Waals surface area contributed by atoms with Crippen molar-refractivity contribution in [2.45, 2.75) is 57.4 Å². The van der Waals surface area contributed by atoms with Gasteiger partial charge in [-0.25, -0.2) is 9.18 Å². The van der Waals surface area contributed by atoms with Crippen LogP contribution in [0.4, 0.5) is 14.9 Å². The molecule has 0 unspecified atom stereocenters. The fraction of sp³-hybridized carbons (Fsp3) is 0.600. The fourth-order valence-electron chi connectivity index (χ4n) is 4.06. The lowest BCUT2D eigenvalue weighted by molar-refractivity contribution is -0.127. The molecule has 1 aliphatic heterocycles. The summed E-state index contributed by atoms with van der Waals surface area (Å²) < 4.78 is 13.9. The van der Waals surface area contributed by atoms with E-state index in [0.717, 1.165) is 51.4 Å². The highest BCUT2D eigenvalue weighted by Gasteiger charge is 2.37. The topological polar surface area (TPSA) is 61.4 Å². The van der Waals surface area contributed by atoms with Crippen molar-refractivity contribution in [3.05, 3.63) is 30.1 Å². The number of benzene rings is 1. The van der Waals surface area contributed by atoms with Crippen LogP contribution in [0, 0.1) is 11.7 Å². The first kappa shape index (κ1) is 18.7. The van der Waals surface area contributed by atoms with E-state index in [0.29, 0.717) is 13.1 Å². The van der Waals surface area contributed by atoms with Gasteiger partial charge in [0, 0.05) is 19.1 Å². The number of anilines is 1. The van der Waals surface area contributed by atoms with E-state index in [-0.39, 0.29) is 29.6 Å². The molecule has 2 aliphatic rings. The van der Waals surface area contributed by atoms with Gasteiger partial charge in [-0.3, -0.25) is 4.79 Å². The van der Waals surface area contributed by atoms with Crippen molar-refractivity contribution in [2.24, 2.45) is 5.92 Å². The summed E-state index contributed by atoms with van der Waals surface area (Å²) in [4.78, 5) is 27.4. The Balaban J connectivity index is 1.80. The van der Waals surface area contributed by atoms with Crippen LogP contribution in [0.15, 0.2) is 24.3 Å². The zero-order valence-electron chi connectivity index (χ0n) is 15.2. The SMILES string of the molecule is O=C1NCCCCCCN(C(=O)Nc2ccccc2F)[C@H]2CCCC[C@@H]12. The second-order valence-corrected chi connectivity index (χ2v) is 7.27. The van der Waals surface area contributed by atoms with Crippen molar-refractivity contribution >= 4 is 17.6 Å². The van der Waals surface area contributed by atoms with Crippen molar-refractivity contribution in [3.8, 4) is 0 Å². The third kappa shape index (κ3) is 4.54. The summed E-state index contributed by atoms with van der Waals surface area (Å²) in [6, 6.07) is 5.76. The Morgan fingerprint density at radius 2 is 1.85 bits per heavy atom. The van der Waals surface area contributed by atoms with Gasteiger partial charge >= 0.3 is 6.03 Å². The van der Waals surface area contributed by atoms with Crippen molar-refractivity contribution < 1.29 is 14.0 Å². The van der Waals surface area contributed by atoms with Crippen LogP contribution in [-0.2, 0) is 4.79 Å². The maximum atomic E-state index is 13.9. The molecule has 3 rings (SSSR count). The minimum absolute atomic E-state index is 0.0558. The van der Waals surface area contributed by atoms with E-state index in [4.69, 9.17) is 0 Å². The number of nitrogens with one attached hydrogen (secondary N) is 2. The van der Waals surface area contributed by atoms with Gasteiger partial charge < -0.3 is 15.5 Å². The predicted molar refractivity (Wildman–Crippen MR) is 99.3 cm³/mol. The van der Waals surface area contributed by atoms with Crippen LogP contribution in [0.5, 0.6) is 0 Å². The Morgan fingerprint density at radius 1 is 1.08 bits per heavy atom. The van der Waals surface area contributed by atoms with Crippen LogP contribution in [0.1, 0.15) is 51.4 Å². The number of hydrogen-bond donors (Lipinski definition) is 2. The molecule has 1 saturated carbocycles. The van der Waals surface area contributed by atoms with Gasteiger partial charge in [0.25, 0.3) is 0 Å². The van der Waals surface area contributed by atoms with E-state index in [9.17, 15) is 14.0 Å². The zero-order chi connectivity index (χ0) is 18.4. The van der Waals surface area contributed by atoms with Gasteiger partial charge in [0.05, 0.1) is 11.6 Å². The number of para-hydroxylation sites is 1. The molecule has 2 N–H and O–H groups in total. The fourth-order valence-corrected chi connectivity index (χ4v) is 4.06. The third-order valence-corrected chi connectivity index (χ3v) is 5.47. The van der Waals surface area contributed by atoms with E-state index >= 15 is 0 Å². The molecule has 2 atom stereocenters. The summed E-state index contributed by atoms with van der Waals surface area (Å²) in [5, 5.41) is 5.75. The van der Waals surface area contributed by atoms with E-state index in [1.54, 1.807) is 23.1 Å². The molecule has 1 heterocycles. The summed E-state index contributed by atoms with van der Waals surface area (Å²) in [6.07, 6.45) is 7.60. The van der Waals surface area contributed by atoms with Crippen LogP contribution in [0.2, 0.25) is 0 Å². The summed E-state index contributed by atoms with van der Waals surface area (Å²) in [5.74, 6) is -0.565. The molecule has 0 aromatic heterocycles. The Morgan fingerprint density at radius 3 is 2.69 bits per heavy atom. The highest BCUT2D eigenvalue weighted by Crippen LogP contribution is 2.30. The van der Waals surface area contributed by atoms with Gasteiger partial charge in [0.15, 0.2) is 0 Å². The van der Waals surface area contributed by atoms with Gasteiger partial charge in [-0.15, -0.1) is 0 Å². The number of fused-ring (bicyclic) bond motifs is 1. The molecule has 1 saturated heterocycles. The van der Waals surface area contributed by atoms with Gasteiger partial charge in [-0.05, 0) is 37.8 Å². The lowest BCUT2D eigenvalue weighted by Gasteiger charge is -2.39. The number of carbonyl (C=O) groups is 2. The zero-order valence-corrected chi connectivity index (χ0v) is 15.2. The predicted octanol–water partition coefficient (Wildman–Crippen LogP) is 3.91. The third-order valence-electron chi connectivity index (χ3n) is 5.47. The van der Waals surface area contributed by atoms with Crippen molar-refractivity contribution in [3.63, 3.8) is 0 Å². The maximum Gasteiger partial charge on any atom is 0.322 e. The number of urea groups is 1. The second-order valence-electron chi connectivity index (χ2n) is 7.27. The van der Waals surface area contributed by atoms with E-state index in [2.05, 4.69) is 10.6 Å². The van der Waals surface area contributed by atoms with E-state index in [1.807, 2.05) is 0 Å². The van der Waals surface area contributed by atoms with Crippen molar-refractivity contribution in [2.75, 3.05) is 18.4 Å². The molecule has 0 spiro atoms. The first-order valence-electron chi connectivity index (χ1n) is 9.76. The molecule has 1 aromatic rings. The number of hydrogen-bond acceptors (Lipinski definition) is 2. The normalized spacial score (nSPS) is 24.8. The van der Waals surface area contributed by atoms with Crippen LogP contribution in [0.3, 0.4) is 0 Å². The average molecular weight is 361 g/mol. The number of halogens is 1. The molecule has 2 fully saturated rings. The molecular formula is C20H28FN3O2. The van der Waals surface area contributed by atoms with Gasteiger partial charge in [0.2, 0.25) is 5.91 Å². The maximum absolute atomic E-state index is 13.9. The minimum Gasteiger partial charge on any atom is -0.356 e. The number of carbonyl (C=O) groups excluding carboxylic acids is 2. The quantitative estimate of drug-likeness (QED) is 0.797. The molecule has 6 heteroatoms. The molecular weight excluding hydrogens is 333 g/mol. The Bertz CT molecular complexity index is 637. The lowest BCUT2D eigenvalue weighted by Crippen LogP contribution is -2.52. The number of rotatable bonds is 1. The van der Waals surface area contributed by atoms with Gasteiger partial charge in [-0.2, -0.15) is 0 Å². The molecule has 0 bridgehead atoms. The molecule has 1 aliphatic carbocycles. The van der Waals surface area contributed by atoms with Crippen LogP contribution in [-0.4, -0.2) is 36.0 Å². The highest BCUT2D eigenvalue weighted by atomic mass is 19.1. The van der Waals surface area contributed by atoms with E-state index in [1.165, 1.54) is 6.07 Å². The van der Waals surface area contributed by atoms with Crippen molar-refractivity contribution in [1.82, 2.24) is 10.2 Å². The molecule has 0 radical (unpaired) electrons. The van der Waals surface area contributed by atoms with Crippen LogP contribution >= 0.6 is 0 Å². The van der Waals surface area contributed by atoms with Crippen LogP contribution < -0.4 is 10.6 Å². The Hall–Kier alpha value is -2.11. The largest absolute Gasteiger partial charge is 0.356 e. The second kappa shape index (κ2) is 9.01. The standard InChI is InChI=1S/C20H28FN3O2/c21-16-10-4-5-11-17(16)23-20(26)24-14-8-2-1-7-13-22-19(25)15-9-3-6-12-18(15)24/h4-5,10-11,15,18H,1-3,6-9,12-14H2,(H,22,25)(H,23,26)/t15-,18+/m1/s1. The molecule has 3 amide bonds. The van der Waals surface area contributed by atoms with Gasteiger partial charge in [-0.1, -0.05) is 37.8 Å². The average Bonchev–Trinajstić information content (AvgIpc) is 2.68. The first-order chi connectivity index (χ1) is 12.7. The Kier molecular flexibility index (Phi) is 6.47. The lowest BCUT2D eigenvalue weighted by atomic mass is 9.82. The monoisotopic (exact) mass is 361 g/mol. The van der Waals surface area contributed by atoms with Crippen LogP contribution in [0.25, 0.3) is 0 Å². The first-order valence-corrected chi connectivity index (χ1v) is 9.76. The Labute approximate surface area is 154 Å². The van der Waals surface area contributed by atoms with E-state index < -0.39 is 5.82 Å². The summed E-state index contributed by atoms with van der Waals surface area (Å²) in [5.41, 5.74) is 0.184. The number of nitrogens with zero attached hydrogens (tertiary/aromatic N) is 1. The van der Waals surface area contributed by atoms with Crippen molar-refractivity contribution in [1.29, 1.82) is 0 Å². The summed E-state index contributed by atoms with van der Waals surface area (Å²) >= 11 is 0. The highest BCUT2D eigenvalue weighted by molar-refractivity contribution is 5.90. The molecule has 142 valence electrons. The molecule has 26 heavy (non-hydrogen) atoms.